The Labute approximate surface area is 148 Å². The number of thiazole rings is 1. The highest BCUT2D eigenvalue weighted by Crippen LogP contribution is 2.25. The van der Waals surface area contributed by atoms with Crippen molar-refractivity contribution in [2.24, 2.45) is 5.92 Å². The molecule has 2 aliphatic rings. The molecule has 0 atom stereocenters. The Morgan fingerprint density at radius 1 is 1.25 bits per heavy atom. The Morgan fingerprint density at radius 2 is 1.96 bits per heavy atom. The quantitative estimate of drug-likeness (QED) is 0.886. The lowest BCUT2D eigenvalue weighted by molar-refractivity contribution is -0.123. The second-order valence-corrected chi connectivity index (χ2v) is 8.41. The van der Waals surface area contributed by atoms with Gasteiger partial charge in [0.25, 0.3) is 0 Å². The maximum atomic E-state index is 12.2. The van der Waals surface area contributed by atoms with Crippen LogP contribution in [0.4, 0.5) is 0 Å². The van der Waals surface area contributed by atoms with Gasteiger partial charge in [-0.2, -0.15) is 0 Å². The number of piperidine rings is 1. The molecular weight excluding hydrogens is 322 g/mol. The second-order valence-electron chi connectivity index (χ2n) is 7.12. The summed E-state index contributed by atoms with van der Waals surface area (Å²) in [5.41, 5.74) is 1.18. The van der Waals surface area contributed by atoms with Gasteiger partial charge in [0.2, 0.25) is 5.91 Å². The first kappa shape index (κ1) is 17.8. The minimum Gasteiger partial charge on any atom is -0.381 e. The predicted molar refractivity (Wildman–Crippen MR) is 96.2 cm³/mol. The number of amides is 1. The van der Waals surface area contributed by atoms with Crippen LogP contribution in [0.3, 0.4) is 0 Å². The van der Waals surface area contributed by atoms with Gasteiger partial charge in [0.05, 0.1) is 10.7 Å². The van der Waals surface area contributed by atoms with E-state index in [2.05, 4.69) is 29.0 Å². The summed E-state index contributed by atoms with van der Waals surface area (Å²) < 4.78 is 5.34. The molecule has 0 aliphatic carbocycles. The van der Waals surface area contributed by atoms with E-state index < -0.39 is 0 Å². The number of nitrogens with zero attached hydrogens (tertiary/aromatic N) is 2. The smallest absolute Gasteiger partial charge is 0.220 e. The number of hydrogen-bond donors (Lipinski definition) is 1. The van der Waals surface area contributed by atoms with Crippen molar-refractivity contribution in [1.82, 2.24) is 15.2 Å². The number of hydrogen-bond acceptors (Lipinski definition) is 5. The monoisotopic (exact) mass is 351 g/mol. The first-order chi connectivity index (χ1) is 11.6. The minimum absolute atomic E-state index is 0.231. The zero-order valence-corrected chi connectivity index (χ0v) is 15.7. The second kappa shape index (κ2) is 8.41. The molecule has 0 bridgehead atoms. The largest absolute Gasteiger partial charge is 0.381 e. The lowest BCUT2D eigenvalue weighted by atomic mass is 9.93. The third-order valence-corrected chi connectivity index (χ3v) is 6.19. The third kappa shape index (κ3) is 5.01. The average molecular weight is 352 g/mol. The molecule has 6 heteroatoms. The summed E-state index contributed by atoms with van der Waals surface area (Å²) in [6.45, 7) is 8.92. The Bertz CT molecular complexity index is 546. The molecule has 3 heterocycles. The molecule has 0 aromatic carbocycles. The molecule has 1 aromatic heterocycles. The summed E-state index contributed by atoms with van der Waals surface area (Å²) in [7, 11) is 0. The Kier molecular flexibility index (Phi) is 6.25. The van der Waals surface area contributed by atoms with Crippen LogP contribution >= 0.6 is 11.3 Å². The van der Waals surface area contributed by atoms with Crippen molar-refractivity contribution < 1.29 is 9.53 Å². The molecule has 5 nitrogen and oxygen atoms in total. The number of aromatic nitrogens is 1. The van der Waals surface area contributed by atoms with Gasteiger partial charge in [0.15, 0.2) is 0 Å². The highest BCUT2D eigenvalue weighted by molar-refractivity contribution is 7.11. The maximum Gasteiger partial charge on any atom is 0.220 e. The van der Waals surface area contributed by atoms with E-state index in [1.165, 1.54) is 10.6 Å². The van der Waals surface area contributed by atoms with Crippen LogP contribution in [-0.4, -0.2) is 48.1 Å². The van der Waals surface area contributed by atoms with E-state index in [4.69, 9.17) is 4.74 Å². The van der Waals surface area contributed by atoms with Crippen molar-refractivity contribution in [3.8, 4) is 0 Å². The van der Waals surface area contributed by atoms with Crippen LogP contribution in [0.1, 0.15) is 47.7 Å². The van der Waals surface area contributed by atoms with Gasteiger partial charge in [-0.15, -0.1) is 11.3 Å². The van der Waals surface area contributed by atoms with Crippen molar-refractivity contribution in [3.63, 3.8) is 0 Å². The fourth-order valence-corrected chi connectivity index (χ4v) is 4.64. The van der Waals surface area contributed by atoms with Gasteiger partial charge in [0.1, 0.15) is 0 Å². The molecule has 0 saturated carbocycles. The van der Waals surface area contributed by atoms with E-state index in [1.54, 1.807) is 0 Å². The zero-order chi connectivity index (χ0) is 16.9. The molecule has 134 valence electrons. The average Bonchev–Trinajstić information content (AvgIpc) is 2.87. The van der Waals surface area contributed by atoms with Crippen molar-refractivity contribution in [2.75, 3.05) is 26.3 Å². The van der Waals surface area contributed by atoms with Gasteiger partial charge in [-0.1, -0.05) is 0 Å². The summed E-state index contributed by atoms with van der Waals surface area (Å²) in [5, 5.41) is 4.34. The molecule has 2 fully saturated rings. The van der Waals surface area contributed by atoms with E-state index in [1.807, 2.05) is 11.3 Å². The molecular formula is C18H29N3O2S. The Morgan fingerprint density at radius 3 is 2.58 bits per heavy atom. The number of ether oxygens (including phenoxy) is 1. The van der Waals surface area contributed by atoms with Gasteiger partial charge in [-0.25, -0.2) is 4.98 Å². The number of carbonyl (C=O) groups is 1. The lowest BCUT2D eigenvalue weighted by Crippen LogP contribution is -2.41. The fourth-order valence-electron chi connectivity index (χ4n) is 3.66. The minimum atomic E-state index is 0.231. The highest BCUT2D eigenvalue weighted by Gasteiger charge is 2.24. The number of likely N-dealkylation sites (tertiary alicyclic amines) is 1. The van der Waals surface area contributed by atoms with Crippen LogP contribution in [0.5, 0.6) is 0 Å². The van der Waals surface area contributed by atoms with E-state index in [9.17, 15) is 4.79 Å². The number of carbonyl (C=O) groups excluding carboxylic acids is 1. The van der Waals surface area contributed by atoms with Crippen LogP contribution in [0.15, 0.2) is 0 Å². The molecule has 1 amide bonds. The summed E-state index contributed by atoms with van der Waals surface area (Å²) in [6, 6.07) is 0.323. The SMILES string of the molecule is Cc1nc(C)c(CN2CCC(CC(=O)NC3CCOCC3)CC2)s1. The van der Waals surface area contributed by atoms with Crippen molar-refractivity contribution in [2.45, 2.75) is 58.5 Å². The summed E-state index contributed by atoms with van der Waals surface area (Å²) in [5.74, 6) is 0.764. The number of aryl methyl sites for hydroxylation is 2. The first-order valence-electron chi connectivity index (χ1n) is 9.12. The van der Waals surface area contributed by atoms with Crippen molar-refractivity contribution in [3.05, 3.63) is 15.6 Å². The van der Waals surface area contributed by atoms with Gasteiger partial charge in [-0.05, 0) is 58.5 Å². The molecule has 0 radical (unpaired) electrons. The van der Waals surface area contributed by atoms with Crippen LogP contribution in [0.25, 0.3) is 0 Å². The van der Waals surface area contributed by atoms with Crippen molar-refractivity contribution >= 4 is 17.2 Å². The Hall–Kier alpha value is -0.980. The van der Waals surface area contributed by atoms with Gasteiger partial charge in [-0.3, -0.25) is 9.69 Å². The maximum absolute atomic E-state index is 12.2. The molecule has 2 aliphatic heterocycles. The predicted octanol–water partition coefficient (Wildman–Crippen LogP) is 2.66. The molecule has 1 aromatic rings. The first-order valence-corrected chi connectivity index (χ1v) is 9.94. The highest BCUT2D eigenvalue weighted by atomic mass is 32.1. The van der Waals surface area contributed by atoms with Crippen LogP contribution in [0, 0.1) is 19.8 Å². The van der Waals surface area contributed by atoms with Gasteiger partial charge in [0, 0.05) is 37.1 Å². The van der Waals surface area contributed by atoms with E-state index >= 15 is 0 Å². The van der Waals surface area contributed by atoms with E-state index in [0.29, 0.717) is 18.4 Å². The molecule has 1 N–H and O–H groups in total. The van der Waals surface area contributed by atoms with E-state index in [0.717, 1.165) is 63.5 Å². The summed E-state index contributed by atoms with van der Waals surface area (Å²) in [6.07, 6.45) is 4.84. The lowest BCUT2D eigenvalue weighted by Gasteiger charge is -2.32. The summed E-state index contributed by atoms with van der Waals surface area (Å²) in [4.78, 5) is 20.6. The molecule has 3 rings (SSSR count). The number of rotatable bonds is 5. The Balaban J connectivity index is 1.38. The normalized spacial score (nSPS) is 21.1. The molecule has 0 spiro atoms. The standard InChI is InChI=1S/C18H29N3O2S/c1-13-17(24-14(2)19-13)12-21-7-3-15(4-8-21)11-18(22)20-16-5-9-23-10-6-16/h15-16H,3-12H2,1-2H3,(H,20,22). The van der Waals surface area contributed by atoms with Gasteiger partial charge < -0.3 is 10.1 Å². The summed E-state index contributed by atoms with van der Waals surface area (Å²) >= 11 is 1.81. The van der Waals surface area contributed by atoms with E-state index in [-0.39, 0.29) is 5.91 Å². The zero-order valence-electron chi connectivity index (χ0n) is 14.8. The number of nitrogens with one attached hydrogen (secondary N) is 1. The van der Waals surface area contributed by atoms with Gasteiger partial charge >= 0.3 is 0 Å². The van der Waals surface area contributed by atoms with Crippen molar-refractivity contribution in [1.29, 1.82) is 0 Å². The molecule has 2 saturated heterocycles. The van der Waals surface area contributed by atoms with Crippen LogP contribution < -0.4 is 5.32 Å². The van der Waals surface area contributed by atoms with Crippen LogP contribution in [-0.2, 0) is 16.1 Å². The third-order valence-electron chi connectivity index (χ3n) is 5.13. The molecule has 24 heavy (non-hydrogen) atoms. The fraction of sp³-hybridized carbons (Fsp3) is 0.778. The molecule has 0 unspecified atom stereocenters. The van der Waals surface area contributed by atoms with Crippen LogP contribution in [0.2, 0.25) is 0 Å². The topological polar surface area (TPSA) is 54.5 Å².